The highest BCUT2D eigenvalue weighted by molar-refractivity contribution is 6.16. The van der Waals surface area contributed by atoms with Crippen LogP contribution in [0.5, 0.6) is 0 Å². The van der Waals surface area contributed by atoms with Crippen molar-refractivity contribution >= 4 is 54.0 Å². The molecule has 288 valence electrons. The summed E-state index contributed by atoms with van der Waals surface area (Å²) in [4.78, 5) is 20.6. The molecule has 2 aromatic heterocycles. The van der Waals surface area contributed by atoms with Crippen LogP contribution in [-0.4, -0.2) is 19.9 Å². The van der Waals surface area contributed by atoms with Crippen molar-refractivity contribution in [2.45, 2.75) is 0 Å². The van der Waals surface area contributed by atoms with Crippen LogP contribution in [0.1, 0.15) is 0 Å². The van der Waals surface area contributed by atoms with Gasteiger partial charge in [0.1, 0.15) is 0 Å². The number of hydrogen-bond acceptors (Lipinski definition) is 4. The molecule has 4 nitrogen and oxygen atoms in total. The molecule has 62 heavy (non-hydrogen) atoms. The van der Waals surface area contributed by atoms with E-state index in [4.69, 9.17) is 19.9 Å². The molecule has 0 amide bonds. The second-order valence-electron chi connectivity index (χ2n) is 15.8. The first kappa shape index (κ1) is 35.6. The molecule has 0 saturated carbocycles. The second-order valence-corrected chi connectivity index (χ2v) is 15.8. The standard InChI is InChI=1S/C58H36N4/c1-3-16-37(17-4-1)56-60-57(38-18-5-2-6-19-38)62-58(61-56)43-23-15-22-39(32-43)51-36-55(52-34-41-21-8-10-25-45(41)47-27-12-14-29-49(47)52)59-54-31-30-42(35-53(51)54)50-33-40-20-7-9-24-44(40)46-26-11-13-28-48(46)50/h1-36H. The van der Waals surface area contributed by atoms with Crippen molar-refractivity contribution in [3.8, 4) is 67.7 Å². The average Bonchev–Trinajstić information content (AvgIpc) is 3.36. The summed E-state index contributed by atoms with van der Waals surface area (Å²) in [5.41, 5.74) is 10.2. The molecule has 10 aromatic carbocycles. The second kappa shape index (κ2) is 14.7. The summed E-state index contributed by atoms with van der Waals surface area (Å²) in [6.07, 6.45) is 0. The van der Waals surface area contributed by atoms with Crippen molar-refractivity contribution in [3.63, 3.8) is 0 Å². The highest BCUT2D eigenvalue weighted by Crippen LogP contribution is 2.41. The van der Waals surface area contributed by atoms with Gasteiger partial charge in [0, 0.05) is 27.6 Å². The molecule has 0 radical (unpaired) electrons. The van der Waals surface area contributed by atoms with E-state index in [-0.39, 0.29) is 0 Å². The largest absolute Gasteiger partial charge is 0.248 e. The molecule has 0 aliphatic rings. The Morgan fingerprint density at radius 2 is 0.661 bits per heavy atom. The van der Waals surface area contributed by atoms with Crippen molar-refractivity contribution in [1.82, 2.24) is 19.9 Å². The maximum atomic E-state index is 5.47. The van der Waals surface area contributed by atoms with E-state index >= 15 is 0 Å². The lowest BCUT2D eigenvalue weighted by Gasteiger charge is -2.16. The summed E-state index contributed by atoms with van der Waals surface area (Å²) < 4.78 is 0. The van der Waals surface area contributed by atoms with Crippen LogP contribution in [0, 0.1) is 0 Å². The zero-order chi connectivity index (χ0) is 41.0. The maximum Gasteiger partial charge on any atom is 0.164 e. The smallest absolute Gasteiger partial charge is 0.164 e. The first-order chi connectivity index (χ1) is 30.7. The van der Waals surface area contributed by atoms with Crippen molar-refractivity contribution in [3.05, 3.63) is 218 Å². The molecule has 0 bridgehead atoms. The summed E-state index contributed by atoms with van der Waals surface area (Å²) in [5, 5.41) is 10.8. The van der Waals surface area contributed by atoms with Gasteiger partial charge in [-0.1, -0.05) is 182 Å². The van der Waals surface area contributed by atoms with E-state index in [9.17, 15) is 0 Å². The Balaban J connectivity index is 1.10. The Bertz CT molecular complexity index is 3630. The van der Waals surface area contributed by atoms with Gasteiger partial charge in [0.15, 0.2) is 17.5 Å². The van der Waals surface area contributed by atoms with E-state index in [2.05, 4.69) is 158 Å². The van der Waals surface area contributed by atoms with E-state index in [0.717, 1.165) is 55.5 Å². The van der Waals surface area contributed by atoms with Gasteiger partial charge in [-0.25, -0.2) is 19.9 Å². The fourth-order valence-electron chi connectivity index (χ4n) is 9.09. The normalized spacial score (nSPS) is 11.5. The number of hydrogen-bond donors (Lipinski definition) is 0. The van der Waals surface area contributed by atoms with Gasteiger partial charge in [0.2, 0.25) is 0 Å². The molecule has 0 fully saturated rings. The first-order valence-electron chi connectivity index (χ1n) is 21.0. The molecular formula is C58H36N4. The Hall–Kier alpha value is -8.34. The van der Waals surface area contributed by atoms with Crippen molar-refractivity contribution in [1.29, 1.82) is 0 Å². The van der Waals surface area contributed by atoms with Gasteiger partial charge in [-0.2, -0.15) is 0 Å². The van der Waals surface area contributed by atoms with Gasteiger partial charge in [-0.15, -0.1) is 0 Å². The van der Waals surface area contributed by atoms with E-state index in [1.807, 2.05) is 60.7 Å². The van der Waals surface area contributed by atoms with E-state index < -0.39 is 0 Å². The summed E-state index contributed by atoms with van der Waals surface area (Å²) in [6.45, 7) is 0. The van der Waals surface area contributed by atoms with Gasteiger partial charge < -0.3 is 0 Å². The molecule has 0 aliphatic heterocycles. The van der Waals surface area contributed by atoms with E-state index in [1.54, 1.807) is 0 Å². The lowest BCUT2D eigenvalue weighted by Crippen LogP contribution is -2.00. The number of benzene rings is 10. The SMILES string of the molecule is c1ccc(-c2nc(-c3ccccc3)nc(-c3cccc(-c4cc(-c5cc6ccccc6c6ccccc56)nc5ccc(-c6cc7ccccc7c7ccccc67)cc45)c3)n2)cc1. The highest BCUT2D eigenvalue weighted by Gasteiger charge is 2.18. The predicted octanol–water partition coefficient (Wildman–Crippen LogP) is 15.0. The summed E-state index contributed by atoms with van der Waals surface area (Å²) >= 11 is 0. The van der Waals surface area contributed by atoms with Gasteiger partial charge in [-0.05, 0) is 102 Å². The minimum Gasteiger partial charge on any atom is -0.248 e. The number of rotatable bonds is 6. The van der Waals surface area contributed by atoms with Gasteiger partial charge >= 0.3 is 0 Å². The highest BCUT2D eigenvalue weighted by atomic mass is 15.0. The predicted molar refractivity (Wildman–Crippen MR) is 258 cm³/mol. The minimum absolute atomic E-state index is 0.613. The zero-order valence-electron chi connectivity index (χ0n) is 33.6. The Morgan fingerprint density at radius 1 is 0.226 bits per heavy atom. The van der Waals surface area contributed by atoms with Crippen LogP contribution in [0.3, 0.4) is 0 Å². The zero-order valence-corrected chi connectivity index (χ0v) is 33.6. The van der Waals surface area contributed by atoms with Crippen LogP contribution in [0.2, 0.25) is 0 Å². The summed E-state index contributed by atoms with van der Waals surface area (Å²) in [6, 6.07) is 77.2. The number of aromatic nitrogens is 4. The number of fused-ring (bicyclic) bond motifs is 7. The molecule has 0 unspecified atom stereocenters. The first-order valence-corrected chi connectivity index (χ1v) is 21.0. The van der Waals surface area contributed by atoms with Crippen molar-refractivity contribution in [2.24, 2.45) is 0 Å². The molecule has 12 rings (SSSR count). The molecule has 12 aromatic rings. The third-order valence-corrected chi connectivity index (χ3v) is 12.1. The number of pyridine rings is 1. The molecule has 0 spiro atoms. The van der Waals surface area contributed by atoms with Gasteiger partial charge in [-0.3, -0.25) is 0 Å². The van der Waals surface area contributed by atoms with Crippen LogP contribution < -0.4 is 0 Å². The third-order valence-electron chi connectivity index (χ3n) is 12.1. The molecule has 4 heteroatoms. The number of nitrogens with zero attached hydrogens (tertiary/aromatic N) is 4. The third kappa shape index (κ3) is 6.16. The average molecular weight is 789 g/mol. The van der Waals surface area contributed by atoms with Crippen molar-refractivity contribution in [2.75, 3.05) is 0 Å². The van der Waals surface area contributed by atoms with Crippen LogP contribution in [0.15, 0.2) is 218 Å². The fourth-order valence-corrected chi connectivity index (χ4v) is 9.09. The maximum absolute atomic E-state index is 5.47. The van der Waals surface area contributed by atoms with Crippen LogP contribution in [-0.2, 0) is 0 Å². The van der Waals surface area contributed by atoms with Crippen LogP contribution in [0.4, 0.5) is 0 Å². The molecule has 2 heterocycles. The monoisotopic (exact) mass is 788 g/mol. The van der Waals surface area contributed by atoms with Gasteiger partial charge in [0.05, 0.1) is 11.2 Å². The van der Waals surface area contributed by atoms with Crippen LogP contribution >= 0.6 is 0 Å². The summed E-state index contributed by atoms with van der Waals surface area (Å²) in [7, 11) is 0. The lowest BCUT2D eigenvalue weighted by molar-refractivity contribution is 1.07. The lowest BCUT2D eigenvalue weighted by atomic mass is 9.90. The fraction of sp³-hybridized carbons (Fsp3) is 0. The molecule has 0 saturated heterocycles. The molecule has 0 N–H and O–H groups in total. The Morgan fingerprint density at radius 3 is 1.27 bits per heavy atom. The Labute approximate surface area is 358 Å². The topological polar surface area (TPSA) is 51.6 Å². The van der Waals surface area contributed by atoms with Gasteiger partial charge in [0.25, 0.3) is 0 Å². The van der Waals surface area contributed by atoms with E-state index in [1.165, 1.54) is 48.7 Å². The molecule has 0 atom stereocenters. The minimum atomic E-state index is 0.613. The Kier molecular flexibility index (Phi) is 8.46. The molecule has 0 aliphatic carbocycles. The van der Waals surface area contributed by atoms with E-state index in [0.29, 0.717) is 17.5 Å². The van der Waals surface area contributed by atoms with Crippen molar-refractivity contribution < 1.29 is 0 Å². The quantitative estimate of drug-likeness (QED) is 0.158. The summed E-state index contributed by atoms with van der Waals surface area (Å²) in [5.74, 6) is 1.88. The van der Waals surface area contributed by atoms with Crippen LogP contribution in [0.25, 0.3) is 122 Å². The molecular weight excluding hydrogens is 753 g/mol.